The maximum Gasteiger partial charge on any atom is 0.324 e. The van der Waals surface area contributed by atoms with Gasteiger partial charge in [-0.3, -0.25) is 38.4 Å². The van der Waals surface area contributed by atoms with E-state index in [2.05, 4.69) is 127 Å². The molecule has 2 saturated heterocycles. The average Bonchev–Trinajstić information content (AvgIpc) is 3.16. The van der Waals surface area contributed by atoms with Crippen LogP contribution in [0.5, 0.6) is 0 Å². The van der Waals surface area contributed by atoms with E-state index in [4.69, 9.17) is 52.1 Å². The van der Waals surface area contributed by atoms with E-state index in [0.29, 0.717) is 0 Å². The van der Waals surface area contributed by atoms with E-state index in [1.165, 1.54) is 111 Å². The smallest absolute Gasteiger partial charge is 0.324 e. The van der Waals surface area contributed by atoms with Crippen molar-refractivity contribution in [2.75, 3.05) is 13.2 Å². The summed E-state index contributed by atoms with van der Waals surface area (Å²) in [5.74, 6) is -7.47. The first-order valence-electron chi connectivity index (χ1n) is 21.7. The summed E-state index contributed by atoms with van der Waals surface area (Å²) < 4.78 is 56.1. The fourth-order valence-electron chi connectivity index (χ4n) is 5.43. The first-order chi connectivity index (χ1) is 31.6. The van der Waals surface area contributed by atoms with E-state index in [1.807, 2.05) is 0 Å². The van der Waals surface area contributed by atoms with Gasteiger partial charge in [-0.25, -0.2) is 0 Å². The van der Waals surface area contributed by atoms with E-state index in [0.717, 1.165) is 0 Å². The first kappa shape index (κ1) is 66.6. The molecule has 0 radical (unpaired) electrons. The zero-order valence-electron chi connectivity index (χ0n) is 42.0. The van der Waals surface area contributed by atoms with Gasteiger partial charge in [-0.2, -0.15) is 0 Å². The standard InChI is InChI=1S/C44H62Br8O19/c1-37(2,45)29(53)61-17-19-21(23(67-32(56)40(7,8)48)26(70-35(59)43(13,14)51)28(64-19)71-36(60)44(15,16)52)65-27-25(69-34(58)42(11,12)50)24(68-33(57)41(9,10)49)22(66-31(55)39(5,6)47)20(63-27)18-62-30(54)38(3,4)46/h19-28H,17-18H2,1-16H3/t19-,20-,21-,22+,23+,24+,25-,26-,27+,28-/m1/s1. The Morgan fingerprint density at radius 2 is 0.535 bits per heavy atom. The molecular weight excluding hydrogens is 1470 g/mol. The number of ether oxygens (including phenoxy) is 11. The lowest BCUT2D eigenvalue weighted by Crippen LogP contribution is -2.68. The number of hydrogen-bond donors (Lipinski definition) is 0. The molecule has 0 aromatic heterocycles. The molecule has 0 unspecified atom stereocenters. The molecule has 0 aliphatic carbocycles. The number of hydrogen-bond acceptors (Lipinski definition) is 19. The summed E-state index contributed by atoms with van der Waals surface area (Å²) in [6, 6.07) is 0. The van der Waals surface area contributed by atoms with Crippen LogP contribution in [-0.2, 0) is 90.5 Å². The number of rotatable bonds is 20. The Hall–Kier alpha value is -0.520. The lowest BCUT2D eigenvalue weighted by atomic mass is 9.95. The second-order valence-electron chi connectivity index (χ2n) is 20.4. The summed E-state index contributed by atoms with van der Waals surface area (Å²) >= 11 is 26.2. The van der Waals surface area contributed by atoms with Crippen molar-refractivity contribution >= 4 is 175 Å². The summed E-state index contributed by atoms with van der Waals surface area (Å²) in [6.45, 7) is 21.9. The van der Waals surface area contributed by atoms with Crippen molar-refractivity contribution in [2.24, 2.45) is 0 Å². The van der Waals surface area contributed by atoms with Crippen LogP contribution >= 0.6 is 127 Å². The highest BCUT2D eigenvalue weighted by atomic mass is 79.9. The summed E-state index contributed by atoms with van der Waals surface area (Å²) in [6.07, 6.45) is -18.6. The average molecular weight is 1530 g/mol. The molecule has 0 spiro atoms. The van der Waals surface area contributed by atoms with Gasteiger partial charge in [0.1, 0.15) is 66.1 Å². The Morgan fingerprint density at radius 1 is 0.310 bits per heavy atom. The van der Waals surface area contributed by atoms with E-state index in [-0.39, 0.29) is 0 Å². The highest BCUT2D eigenvalue weighted by Crippen LogP contribution is 2.40. The van der Waals surface area contributed by atoms with Crippen LogP contribution in [0.15, 0.2) is 0 Å². The summed E-state index contributed by atoms with van der Waals surface area (Å²) in [5, 5.41) is 0. The number of esters is 8. The Balaban J connectivity index is 3.24. The molecule has 0 bridgehead atoms. The number of carbonyl (C=O) groups excluding carboxylic acids is 8. The fourth-order valence-corrected chi connectivity index (χ4v) is 6.22. The molecule has 2 fully saturated rings. The quantitative estimate of drug-likeness (QED) is 0.0631. The summed E-state index contributed by atoms with van der Waals surface area (Å²) in [4.78, 5) is 110. The molecule has 0 amide bonds. The maximum absolute atomic E-state index is 14.1. The van der Waals surface area contributed by atoms with Crippen LogP contribution in [0.3, 0.4) is 0 Å². The maximum atomic E-state index is 14.1. The van der Waals surface area contributed by atoms with Crippen LogP contribution in [0, 0.1) is 0 Å². The van der Waals surface area contributed by atoms with Crippen molar-refractivity contribution in [1.29, 1.82) is 0 Å². The first-order valence-corrected chi connectivity index (χ1v) is 28.0. The third-order valence-electron chi connectivity index (χ3n) is 9.55. The van der Waals surface area contributed by atoms with Crippen LogP contribution < -0.4 is 0 Å². The highest BCUT2D eigenvalue weighted by molar-refractivity contribution is 9.11. The number of carbonyl (C=O) groups is 8. The SMILES string of the molecule is CC(C)(Br)C(=O)OC[C@H]1O[C@@H](O[C@H]2[C@H](OC(=O)C(C)(C)Br)[C@@H](OC(=O)C(C)(C)Br)[C@@H](OC(=O)C(C)(C)Br)O[C@@H]2COC(=O)C(C)(C)Br)[C@H](OC(=O)C(C)(C)Br)[C@@H](OC(=O)C(C)(C)Br)[C@H]1OC(=O)C(C)(C)Br. The Kier molecular flexibility index (Phi) is 23.3. The summed E-state index contributed by atoms with van der Waals surface area (Å²) in [7, 11) is 0. The van der Waals surface area contributed by atoms with Gasteiger partial charge >= 0.3 is 47.8 Å². The van der Waals surface area contributed by atoms with E-state index in [9.17, 15) is 38.4 Å². The van der Waals surface area contributed by atoms with Crippen LogP contribution in [0.2, 0.25) is 0 Å². The molecule has 71 heavy (non-hydrogen) atoms. The van der Waals surface area contributed by atoms with Crippen molar-refractivity contribution in [2.45, 2.75) is 207 Å². The molecule has 0 N–H and O–H groups in total. The van der Waals surface area contributed by atoms with Crippen LogP contribution in [0.25, 0.3) is 0 Å². The van der Waals surface area contributed by atoms with Crippen molar-refractivity contribution in [3.63, 3.8) is 0 Å². The molecule has 10 atom stereocenters. The molecule has 2 aliphatic rings. The Labute approximate surface area is 481 Å². The van der Waals surface area contributed by atoms with Crippen LogP contribution in [-0.4, -0.2) is 157 Å². The Morgan fingerprint density at radius 3 is 0.845 bits per heavy atom. The topological polar surface area (TPSA) is 238 Å². The van der Waals surface area contributed by atoms with Crippen molar-refractivity contribution in [1.82, 2.24) is 0 Å². The fraction of sp³-hybridized carbons (Fsp3) is 0.818. The zero-order valence-corrected chi connectivity index (χ0v) is 54.7. The lowest BCUT2D eigenvalue weighted by molar-refractivity contribution is -0.358. The normalized spacial score (nSPS) is 26.0. The van der Waals surface area contributed by atoms with Gasteiger partial charge in [-0.05, 0) is 111 Å². The molecule has 19 nitrogen and oxygen atoms in total. The minimum atomic E-state index is -2.06. The van der Waals surface area contributed by atoms with Gasteiger partial charge in [0, 0.05) is 0 Å². The molecular formula is C44H62Br8O19. The third-order valence-corrected chi connectivity index (χ3v) is 12.1. The van der Waals surface area contributed by atoms with Crippen LogP contribution in [0.4, 0.5) is 0 Å². The second-order valence-corrected chi connectivity index (χ2v) is 36.3. The zero-order chi connectivity index (χ0) is 55.6. The largest absolute Gasteiger partial charge is 0.462 e. The van der Waals surface area contributed by atoms with Crippen molar-refractivity contribution < 1.29 is 90.5 Å². The molecule has 0 saturated carbocycles. The summed E-state index contributed by atoms with van der Waals surface area (Å²) in [5.41, 5.74) is 0. The van der Waals surface area contributed by atoms with Gasteiger partial charge in [0.15, 0.2) is 30.7 Å². The molecule has 408 valence electrons. The van der Waals surface area contributed by atoms with Gasteiger partial charge in [0.25, 0.3) is 0 Å². The second kappa shape index (κ2) is 24.9. The van der Waals surface area contributed by atoms with Crippen LogP contribution in [0.1, 0.15) is 111 Å². The molecule has 0 aromatic rings. The third kappa shape index (κ3) is 20.1. The molecule has 2 heterocycles. The molecule has 0 aromatic carbocycles. The van der Waals surface area contributed by atoms with Crippen molar-refractivity contribution in [3.05, 3.63) is 0 Å². The van der Waals surface area contributed by atoms with Crippen molar-refractivity contribution in [3.8, 4) is 0 Å². The van der Waals surface area contributed by atoms with Gasteiger partial charge < -0.3 is 52.1 Å². The van der Waals surface area contributed by atoms with E-state index < -0.39 is 157 Å². The van der Waals surface area contributed by atoms with Gasteiger partial charge in [0.05, 0.1) is 0 Å². The van der Waals surface area contributed by atoms with Gasteiger partial charge in [-0.15, -0.1) is 0 Å². The Bertz CT molecular complexity index is 1960. The van der Waals surface area contributed by atoms with E-state index >= 15 is 0 Å². The highest BCUT2D eigenvalue weighted by Gasteiger charge is 2.60. The lowest BCUT2D eigenvalue weighted by Gasteiger charge is -2.49. The van der Waals surface area contributed by atoms with Gasteiger partial charge in [0.2, 0.25) is 12.4 Å². The number of alkyl halides is 8. The monoisotopic (exact) mass is 1530 g/mol. The minimum Gasteiger partial charge on any atom is -0.462 e. The predicted octanol–water partition coefficient (Wildman–Crippen LogP) is 8.40. The predicted molar refractivity (Wildman–Crippen MR) is 284 cm³/mol. The number of halogens is 8. The minimum absolute atomic E-state index is 0.732. The molecule has 2 rings (SSSR count). The van der Waals surface area contributed by atoms with E-state index in [1.54, 1.807) is 0 Å². The molecule has 2 aliphatic heterocycles. The van der Waals surface area contributed by atoms with Gasteiger partial charge in [-0.1, -0.05) is 127 Å². The molecule has 27 heteroatoms.